The van der Waals surface area contributed by atoms with Gasteiger partial charge in [0.1, 0.15) is 11.1 Å². The second-order valence-electron chi connectivity index (χ2n) is 21.1. The van der Waals surface area contributed by atoms with Gasteiger partial charge in [0.15, 0.2) is 19.7 Å². The van der Waals surface area contributed by atoms with Crippen LogP contribution in [0.4, 0.5) is 8.78 Å². The third-order valence-corrected chi connectivity index (χ3v) is 18.3. The molecule has 0 fully saturated rings. The van der Waals surface area contributed by atoms with E-state index in [1.54, 1.807) is 68.1 Å². The van der Waals surface area contributed by atoms with Crippen LogP contribution in [0.3, 0.4) is 0 Å². The zero-order chi connectivity index (χ0) is 62.0. The molecule has 436 valence electrons. The Labute approximate surface area is 509 Å². The summed E-state index contributed by atoms with van der Waals surface area (Å²) < 4.78 is 92.4. The quantitative estimate of drug-likeness (QED) is 0.0900. The molecule has 12 aromatic rings. The Morgan fingerprint density at radius 1 is 0.443 bits per heavy atom. The molecule has 0 saturated heterocycles. The molecule has 88 heavy (non-hydrogen) atoms. The highest BCUT2D eigenvalue weighted by Gasteiger charge is 2.44. The van der Waals surface area contributed by atoms with Gasteiger partial charge in [-0.3, -0.25) is 0 Å². The van der Waals surface area contributed by atoms with Gasteiger partial charge in [-0.25, -0.2) is 26.2 Å². The van der Waals surface area contributed by atoms with Crippen molar-refractivity contribution in [1.82, 2.24) is 19.6 Å². The van der Waals surface area contributed by atoms with Gasteiger partial charge in [0, 0.05) is 23.6 Å². The molecule has 0 aliphatic heterocycles. The van der Waals surface area contributed by atoms with Crippen molar-refractivity contribution < 1.29 is 35.1 Å². The van der Waals surface area contributed by atoms with Gasteiger partial charge in [0.2, 0.25) is 11.8 Å². The van der Waals surface area contributed by atoms with Gasteiger partial charge in [-0.15, -0.1) is 10.2 Å². The summed E-state index contributed by atoms with van der Waals surface area (Å²) in [7, 11) is -5.37. The molecule has 10 aromatic carbocycles. The van der Waals surface area contributed by atoms with Gasteiger partial charge in [0.25, 0.3) is 0 Å². The zero-order valence-corrected chi connectivity index (χ0v) is 50.0. The van der Waals surface area contributed by atoms with Crippen molar-refractivity contribution in [2.24, 2.45) is 0 Å². The highest BCUT2D eigenvalue weighted by Crippen LogP contribution is 2.49. The molecule has 0 bridgehead atoms. The monoisotopic (exact) mass is 1200 g/mol. The third kappa shape index (κ3) is 10.5. The van der Waals surface area contributed by atoms with Crippen molar-refractivity contribution >= 4 is 41.5 Å². The zero-order valence-electron chi connectivity index (χ0n) is 48.4. The molecule has 2 heterocycles. The number of aryl methyl sites for hydroxylation is 2. The molecule has 0 spiro atoms. The molecule has 12 rings (SSSR count). The van der Waals surface area contributed by atoms with E-state index in [1.807, 2.05) is 162 Å². The van der Waals surface area contributed by atoms with Crippen LogP contribution in [0.1, 0.15) is 55.6 Å². The summed E-state index contributed by atoms with van der Waals surface area (Å²) >= 11 is 0. The Balaban J connectivity index is 0.000000182. The van der Waals surface area contributed by atoms with Crippen LogP contribution in [-0.2, 0) is 30.8 Å². The Bertz CT molecular complexity index is 4690. The normalized spacial score (nSPS) is 11.8. The molecule has 16 heteroatoms. The van der Waals surface area contributed by atoms with E-state index in [4.69, 9.17) is 19.7 Å². The molecule has 0 aliphatic carbocycles. The van der Waals surface area contributed by atoms with Crippen LogP contribution in [0.15, 0.2) is 252 Å². The number of aromatic nitrogens is 4. The molecule has 0 atom stereocenters. The average Bonchev–Trinajstić information content (AvgIpc) is 1.66. The molecule has 0 saturated carbocycles. The molecule has 0 aliphatic rings. The van der Waals surface area contributed by atoms with Crippen molar-refractivity contribution in [3.63, 3.8) is 0 Å². The molecular formula is C72H56F2N6O6S2. The molecule has 2 aromatic heterocycles. The first-order valence-electron chi connectivity index (χ1n) is 27.8. The molecule has 0 radical (unpaired) electrons. The maximum absolute atomic E-state index is 14.1. The number of halogens is 2. The Morgan fingerprint density at radius 2 is 0.739 bits per heavy atom. The summed E-state index contributed by atoms with van der Waals surface area (Å²) in [5.41, 5.74) is 8.35. The first kappa shape index (κ1) is 59.2. The number of sulfone groups is 2. The van der Waals surface area contributed by atoms with E-state index in [1.165, 1.54) is 12.3 Å². The van der Waals surface area contributed by atoms with Gasteiger partial charge in [0.05, 0.1) is 62.0 Å². The number of ether oxygens (including phenoxy) is 2. The van der Waals surface area contributed by atoms with Crippen LogP contribution in [0.2, 0.25) is 0 Å². The fourth-order valence-electron chi connectivity index (χ4n) is 12.2. The minimum absolute atomic E-state index is 0.132. The number of benzene rings is 10. The van der Waals surface area contributed by atoms with Crippen molar-refractivity contribution in [2.45, 2.75) is 41.3 Å². The topological polar surface area (TPSA) is 170 Å². The lowest BCUT2D eigenvalue weighted by Crippen LogP contribution is -2.38. The van der Waals surface area contributed by atoms with Gasteiger partial charge < -0.3 is 9.47 Å². The maximum atomic E-state index is 14.1. The maximum Gasteiger partial charge on any atom is 0.388 e. The summed E-state index contributed by atoms with van der Waals surface area (Å²) in [6.07, 6.45) is 2.31. The highest BCUT2D eigenvalue weighted by molar-refractivity contribution is 7.91. The Morgan fingerprint density at radius 3 is 1.00 bits per heavy atom. The minimum atomic E-state index is -3.53. The number of hydrogen-bond donors (Lipinski definition) is 0. The smallest absolute Gasteiger partial charge is 0.388 e. The minimum Gasteiger partial charge on any atom is -0.479 e. The van der Waals surface area contributed by atoms with Crippen molar-refractivity contribution in [3.05, 3.63) is 298 Å². The number of nitriles is 2. The molecule has 12 nitrogen and oxygen atoms in total. The van der Waals surface area contributed by atoms with Crippen LogP contribution in [0.25, 0.3) is 44.1 Å². The van der Waals surface area contributed by atoms with E-state index in [2.05, 4.69) is 48.5 Å². The lowest BCUT2D eigenvalue weighted by Gasteiger charge is -2.37. The van der Waals surface area contributed by atoms with E-state index >= 15 is 0 Å². The van der Waals surface area contributed by atoms with Crippen molar-refractivity contribution in [3.8, 4) is 46.2 Å². The Hall–Kier alpha value is -10.5. The summed E-state index contributed by atoms with van der Waals surface area (Å²) in [6, 6.07) is 80.9. The second kappa shape index (κ2) is 24.1. The average molecular weight is 1200 g/mol. The number of alkyl halides is 2. The number of fused-ring (bicyclic) bond motifs is 2. The molecule has 0 N–H and O–H groups in total. The third-order valence-electron chi connectivity index (χ3n) is 15.8. The van der Waals surface area contributed by atoms with E-state index in [9.17, 15) is 36.1 Å². The SMILES string of the molecule is COc1nn(C(c2ccccc2)(c2ccccc2)c2ccccc2)c2ccc(C#N)c(-c3ccc(S(C)(=O)=O)c(C)c3)c12.Cc1cc(-c2c(C#N)ccc3c2c(OC(F)F)nn3C(c2ccccc2)(c2ccccc2)c2ccccc2)ccc1S(C)(=O)=O. The fourth-order valence-corrected chi connectivity index (χ4v) is 14.1. The van der Waals surface area contributed by atoms with Gasteiger partial charge in [-0.2, -0.15) is 19.3 Å². The fraction of sp³-hybridized carbons (Fsp3) is 0.111. The van der Waals surface area contributed by atoms with Crippen molar-refractivity contribution in [1.29, 1.82) is 10.5 Å². The number of hydrogen-bond acceptors (Lipinski definition) is 10. The predicted octanol–water partition coefficient (Wildman–Crippen LogP) is 14.9. The predicted molar refractivity (Wildman–Crippen MR) is 338 cm³/mol. The lowest BCUT2D eigenvalue weighted by molar-refractivity contribution is -0.0523. The van der Waals surface area contributed by atoms with E-state index in [0.717, 1.165) is 45.2 Å². The standard InChI is InChI=1S/C36H27F2N3O3S.C36H29N3O3S/c1-24-22-25(19-21-31(24)45(2,42)43)32-26(23-39)18-20-30-33(32)34(44-35(37)38)40-41(30)36(27-12-6-3-7-13-27,28-14-8-4-9-15-28)29-16-10-5-11-17-29;1-25-23-26(20-22-32(25)43(3,40)41)33-27(24-37)19-21-31-34(33)35(42-2)38-39(31)36(28-13-7-4-8-14-28,29-15-9-5-10-16-29)30-17-11-6-12-18-30/h3-22,35H,1-2H3;4-23H,1-3H3. The van der Waals surface area contributed by atoms with E-state index in [0.29, 0.717) is 55.7 Å². The highest BCUT2D eigenvalue weighted by atomic mass is 32.2. The summed E-state index contributed by atoms with van der Waals surface area (Å²) in [5, 5.41) is 31.2. The van der Waals surface area contributed by atoms with Gasteiger partial charge in [-0.1, -0.05) is 206 Å². The van der Waals surface area contributed by atoms with E-state index in [-0.39, 0.29) is 26.6 Å². The second-order valence-corrected chi connectivity index (χ2v) is 25.1. The van der Waals surface area contributed by atoms with Crippen LogP contribution in [0.5, 0.6) is 11.8 Å². The number of nitrogens with zero attached hydrogens (tertiary/aromatic N) is 6. The number of rotatable bonds is 15. The first-order chi connectivity index (χ1) is 42.5. The van der Waals surface area contributed by atoms with Crippen LogP contribution in [-0.4, -0.2) is 62.6 Å². The van der Waals surface area contributed by atoms with Crippen molar-refractivity contribution in [2.75, 3.05) is 19.6 Å². The van der Waals surface area contributed by atoms with Crippen LogP contribution in [0, 0.1) is 36.5 Å². The molecule has 0 amide bonds. The van der Waals surface area contributed by atoms with Gasteiger partial charge in [-0.05, 0) is 106 Å². The lowest BCUT2D eigenvalue weighted by atomic mass is 9.77. The van der Waals surface area contributed by atoms with Crippen LogP contribution < -0.4 is 9.47 Å². The summed E-state index contributed by atoms with van der Waals surface area (Å²) in [4.78, 5) is 0.383. The van der Waals surface area contributed by atoms with Gasteiger partial charge >= 0.3 is 6.61 Å². The molecular weight excluding hydrogens is 1150 g/mol. The Kier molecular flexibility index (Phi) is 16.2. The van der Waals surface area contributed by atoms with Crippen LogP contribution >= 0.6 is 0 Å². The summed E-state index contributed by atoms with van der Waals surface area (Å²) in [6.45, 7) is 0.207. The molecule has 0 unspecified atom stereocenters. The summed E-state index contributed by atoms with van der Waals surface area (Å²) in [5.74, 6) is 0.00298. The first-order valence-corrected chi connectivity index (χ1v) is 31.6. The largest absolute Gasteiger partial charge is 0.479 e. The van der Waals surface area contributed by atoms with E-state index < -0.39 is 37.4 Å². The number of methoxy groups -OCH3 is 1.